The molecule has 0 aliphatic carbocycles. The van der Waals surface area contributed by atoms with E-state index < -0.39 is 0 Å². The highest BCUT2D eigenvalue weighted by atomic mass is 79.9. The molecule has 0 saturated carbocycles. The van der Waals surface area contributed by atoms with Gasteiger partial charge in [0.2, 0.25) is 0 Å². The maximum atomic E-state index is 3.57. The molecule has 1 atom stereocenters. The fraction of sp³-hybridized carbons (Fsp3) is 0.600. The number of hydrogen-bond acceptors (Lipinski definition) is 2. The number of rotatable bonds is 3. The molecule has 1 N–H and O–H groups in total. The van der Waals surface area contributed by atoms with Crippen molar-refractivity contribution in [3.8, 4) is 0 Å². The molecule has 0 aromatic heterocycles. The molecule has 1 unspecified atom stereocenters. The first-order valence-corrected chi connectivity index (χ1v) is 7.50. The van der Waals surface area contributed by atoms with Crippen LogP contribution < -0.4 is 10.2 Å². The number of hydrogen-bond donors (Lipinski definition) is 1. The Hall–Kier alpha value is -0.540. The minimum absolute atomic E-state index is 0.237. The Bertz CT molecular complexity index is 403. The van der Waals surface area contributed by atoms with Gasteiger partial charge in [0, 0.05) is 22.2 Å². The van der Waals surface area contributed by atoms with Gasteiger partial charge >= 0.3 is 0 Å². The largest absolute Gasteiger partial charge is 0.366 e. The summed E-state index contributed by atoms with van der Waals surface area (Å²) >= 11 is 3.57. The monoisotopic (exact) mass is 310 g/mol. The summed E-state index contributed by atoms with van der Waals surface area (Å²) in [6, 6.07) is 8.64. The van der Waals surface area contributed by atoms with Crippen LogP contribution in [0.5, 0.6) is 0 Å². The van der Waals surface area contributed by atoms with Crippen molar-refractivity contribution in [1.29, 1.82) is 0 Å². The molecule has 100 valence electrons. The van der Waals surface area contributed by atoms with Gasteiger partial charge in [-0.3, -0.25) is 0 Å². The SMILES string of the molecule is CNCC1CCN(c2cccc(Br)c2)C(C)(C)C1. The number of halogens is 1. The Morgan fingerprint density at radius 1 is 1.44 bits per heavy atom. The smallest absolute Gasteiger partial charge is 0.0381 e. The van der Waals surface area contributed by atoms with Crippen LogP contribution in [0.25, 0.3) is 0 Å². The highest BCUT2D eigenvalue weighted by molar-refractivity contribution is 9.10. The molecule has 3 heteroatoms. The Balaban J connectivity index is 2.15. The Kier molecular flexibility index (Phi) is 4.33. The molecule has 1 aromatic rings. The Morgan fingerprint density at radius 3 is 2.83 bits per heavy atom. The van der Waals surface area contributed by atoms with Gasteiger partial charge in [0.1, 0.15) is 0 Å². The summed E-state index contributed by atoms with van der Waals surface area (Å²) in [6.07, 6.45) is 2.52. The van der Waals surface area contributed by atoms with Crippen molar-refractivity contribution >= 4 is 21.6 Å². The first-order valence-electron chi connectivity index (χ1n) is 6.71. The van der Waals surface area contributed by atoms with Crippen LogP contribution in [0.4, 0.5) is 5.69 Å². The van der Waals surface area contributed by atoms with Crippen molar-refractivity contribution in [1.82, 2.24) is 5.32 Å². The van der Waals surface area contributed by atoms with Gasteiger partial charge in [-0.25, -0.2) is 0 Å². The molecular weight excluding hydrogens is 288 g/mol. The summed E-state index contributed by atoms with van der Waals surface area (Å²) in [5.74, 6) is 0.799. The lowest BCUT2D eigenvalue weighted by Crippen LogP contribution is -2.51. The van der Waals surface area contributed by atoms with E-state index in [4.69, 9.17) is 0 Å². The first-order chi connectivity index (χ1) is 8.53. The zero-order valence-electron chi connectivity index (χ0n) is 11.5. The van der Waals surface area contributed by atoms with E-state index in [1.807, 2.05) is 7.05 Å². The third-order valence-corrected chi connectivity index (χ3v) is 4.39. The predicted molar refractivity (Wildman–Crippen MR) is 82.2 cm³/mol. The second-order valence-electron chi connectivity index (χ2n) is 5.86. The van der Waals surface area contributed by atoms with Crippen molar-refractivity contribution in [2.75, 3.05) is 25.0 Å². The van der Waals surface area contributed by atoms with Crippen molar-refractivity contribution in [3.63, 3.8) is 0 Å². The van der Waals surface area contributed by atoms with Gasteiger partial charge in [0.15, 0.2) is 0 Å². The Labute approximate surface area is 119 Å². The number of nitrogens with zero attached hydrogens (tertiary/aromatic N) is 1. The molecule has 1 aliphatic rings. The molecule has 2 nitrogen and oxygen atoms in total. The summed E-state index contributed by atoms with van der Waals surface area (Å²) in [6.45, 7) is 7.00. The molecule has 1 heterocycles. The van der Waals surface area contributed by atoms with Crippen LogP contribution in [0.1, 0.15) is 26.7 Å². The lowest BCUT2D eigenvalue weighted by Gasteiger charge is -2.47. The molecule has 2 rings (SSSR count). The van der Waals surface area contributed by atoms with E-state index in [2.05, 4.69) is 64.3 Å². The van der Waals surface area contributed by atoms with Gasteiger partial charge in [-0.2, -0.15) is 0 Å². The zero-order chi connectivity index (χ0) is 13.2. The van der Waals surface area contributed by atoms with Crippen LogP contribution in [-0.4, -0.2) is 25.7 Å². The zero-order valence-corrected chi connectivity index (χ0v) is 13.1. The molecule has 18 heavy (non-hydrogen) atoms. The summed E-state index contributed by atoms with van der Waals surface area (Å²) in [4.78, 5) is 2.55. The minimum atomic E-state index is 0.237. The fourth-order valence-corrected chi connectivity index (χ4v) is 3.51. The average molecular weight is 311 g/mol. The lowest BCUT2D eigenvalue weighted by atomic mass is 9.82. The average Bonchev–Trinajstić information content (AvgIpc) is 2.28. The van der Waals surface area contributed by atoms with Crippen molar-refractivity contribution in [2.45, 2.75) is 32.2 Å². The summed E-state index contributed by atoms with van der Waals surface area (Å²) in [7, 11) is 2.05. The van der Waals surface area contributed by atoms with E-state index in [1.54, 1.807) is 0 Å². The molecule has 1 aliphatic heterocycles. The quantitative estimate of drug-likeness (QED) is 0.916. The van der Waals surface area contributed by atoms with E-state index in [0.29, 0.717) is 0 Å². The second-order valence-corrected chi connectivity index (χ2v) is 6.78. The van der Waals surface area contributed by atoms with E-state index in [9.17, 15) is 0 Å². The van der Waals surface area contributed by atoms with E-state index in [0.717, 1.165) is 23.5 Å². The molecule has 0 spiro atoms. The van der Waals surface area contributed by atoms with Crippen LogP contribution in [0, 0.1) is 5.92 Å². The third kappa shape index (κ3) is 3.07. The van der Waals surface area contributed by atoms with Gasteiger partial charge in [-0.15, -0.1) is 0 Å². The highest BCUT2D eigenvalue weighted by Crippen LogP contribution is 2.35. The van der Waals surface area contributed by atoms with Crippen LogP contribution in [0.2, 0.25) is 0 Å². The molecule has 1 saturated heterocycles. The molecule has 0 bridgehead atoms. The summed E-state index contributed by atoms with van der Waals surface area (Å²) < 4.78 is 1.16. The number of piperidine rings is 1. The predicted octanol–water partition coefficient (Wildman–Crippen LogP) is 3.66. The van der Waals surface area contributed by atoms with Crippen LogP contribution >= 0.6 is 15.9 Å². The van der Waals surface area contributed by atoms with Crippen molar-refractivity contribution < 1.29 is 0 Å². The number of anilines is 1. The van der Waals surface area contributed by atoms with Gasteiger partial charge < -0.3 is 10.2 Å². The topological polar surface area (TPSA) is 15.3 Å². The summed E-state index contributed by atoms with van der Waals surface area (Å²) in [5.41, 5.74) is 1.57. The number of benzene rings is 1. The van der Waals surface area contributed by atoms with Gasteiger partial charge in [0.25, 0.3) is 0 Å². The minimum Gasteiger partial charge on any atom is -0.366 e. The number of nitrogens with one attached hydrogen (secondary N) is 1. The van der Waals surface area contributed by atoms with Gasteiger partial charge in [0.05, 0.1) is 0 Å². The Morgan fingerprint density at radius 2 is 2.22 bits per heavy atom. The van der Waals surface area contributed by atoms with E-state index in [1.165, 1.54) is 18.5 Å². The normalized spacial score (nSPS) is 23.1. The third-order valence-electron chi connectivity index (χ3n) is 3.89. The maximum absolute atomic E-state index is 3.57. The van der Waals surface area contributed by atoms with E-state index >= 15 is 0 Å². The first kappa shape index (κ1) is 13.9. The van der Waals surface area contributed by atoms with Crippen LogP contribution in [0.3, 0.4) is 0 Å². The lowest BCUT2D eigenvalue weighted by molar-refractivity contribution is 0.270. The van der Waals surface area contributed by atoms with Crippen LogP contribution in [-0.2, 0) is 0 Å². The molecular formula is C15H23BrN2. The van der Waals surface area contributed by atoms with Gasteiger partial charge in [-0.05, 0) is 64.4 Å². The van der Waals surface area contributed by atoms with Crippen molar-refractivity contribution in [3.05, 3.63) is 28.7 Å². The summed E-state index contributed by atoms with van der Waals surface area (Å²) in [5, 5.41) is 3.31. The molecule has 0 amide bonds. The molecule has 1 fully saturated rings. The van der Waals surface area contributed by atoms with Crippen LogP contribution in [0.15, 0.2) is 28.7 Å². The highest BCUT2D eigenvalue weighted by Gasteiger charge is 2.34. The standard InChI is InChI=1S/C15H23BrN2/c1-15(2)10-12(11-17-3)7-8-18(15)14-6-4-5-13(16)9-14/h4-6,9,12,17H,7-8,10-11H2,1-3H3. The molecule has 1 aromatic carbocycles. The molecule has 0 radical (unpaired) electrons. The van der Waals surface area contributed by atoms with E-state index in [-0.39, 0.29) is 5.54 Å². The second kappa shape index (κ2) is 5.62. The van der Waals surface area contributed by atoms with Crippen molar-refractivity contribution in [2.24, 2.45) is 5.92 Å². The maximum Gasteiger partial charge on any atom is 0.0381 e. The fourth-order valence-electron chi connectivity index (χ4n) is 3.12. The van der Waals surface area contributed by atoms with Gasteiger partial charge in [-0.1, -0.05) is 22.0 Å².